The largest absolute Gasteiger partial charge is 0.494 e. The normalized spacial score (nSPS) is 15.2. The van der Waals surface area contributed by atoms with Crippen LogP contribution in [0.5, 0.6) is 5.75 Å². The minimum Gasteiger partial charge on any atom is -0.494 e. The molecule has 0 radical (unpaired) electrons. The fraction of sp³-hybridized carbons (Fsp3) is 0.190. The van der Waals surface area contributed by atoms with Crippen molar-refractivity contribution in [1.82, 2.24) is 10.4 Å². The van der Waals surface area contributed by atoms with Crippen LogP contribution in [0.3, 0.4) is 0 Å². The Kier molecular flexibility index (Phi) is 6.49. The third kappa shape index (κ3) is 4.79. The first kappa shape index (κ1) is 20.1. The van der Waals surface area contributed by atoms with Gasteiger partial charge in [0.05, 0.1) is 11.5 Å². The number of carbonyl (C=O) groups is 2. The van der Waals surface area contributed by atoms with Gasteiger partial charge in [0, 0.05) is 5.56 Å². The zero-order valence-electron chi connectivity index (χ0n) is 15.6. The molecule has 5 nitrogen and oxygen atoms in total. The van der Waals surface area contributed by atoms with Crippen molar-refractivity contribution in [3.63, 3.8) is 0 Å². The van der Waals surface area contributed by atoms with E-state index >= 15 is 0 Å². The number of nitrogens with zero attached hydrogens (tertiary/aromatic N) is 1. The topological polar surface area (TPSA) is 58.6 Å². The summed E-state index contributed by atoms with van der Waals surface area (Å²) >= 11 is 6.42. The van der Waals surface area contributed by atoms with Gasteiger partial charge < -0.3 is 4.74 Å². The molecule has 1 N–H and O–H groups in total. The van der Waals surface area contributed by atoms with Crippen molar-refractivity contribution in [3.05, 3.63) is 70.1 Å². The summed E-state index contributed by atoms with van der Waals surface area (Å²) in [5.74, 6) is 0.0154. The van der Waals surface area contributed by atoms with Crippen LogP contribution < -0.4 is 10.2 Å². The van der Waals surface area contributed by atoms with Crippen molar-refractivity contribution in [2.45, 2.75) is 20.3 Å². The number of benzene rings is 2. The highest BCUT2D eigenvalue weighted by molar-refractivity contribution is 8.26. The number of thioether (sulfide) groups is 1. The molecule has 0 aliphatic carbocycles. The molecule has 7 heteroatoms. The molecule has 0 unspecified atom stereocenters. The highest BCUT2D eigenvalue weighted by atomic mass is 32.2. The maximum Gasteiger partial charge on any atom is 0.285 e. The van der Waals surface area contributed by atoms with Crippen LogP contribution in [0.25, 0.3) is 6.08 Å². The molecule has 1 fully saturated rings. The Labute approximate surface area is 173 Å². The van der Waals surface area contributed by atoms with Crippen LogP contribution in [0.2, 0.25) is 0 Å². The summed E-state index contributed by atoms with van der Waals surface area (Å²) in [6.45, 7) is 4.62. The van der Waals surface area contributed by atoms with Gasteiger partial charge >= 0.3 is 0 Å². The SMILES string of the molecule is CCCOc1cccc(/C=C2/SC(=S)N(NC(=O)c3ccc(C)cc3)C2=O)c1. The van der Waals surface area contributed by atoms with Gasteiger partial charge in [-0.25, -0.2) is 0 Å². The highest BCUT2D eigenvalue weighted by Gasteiger charge is 2.33. The number of hydrogen-bond donors (Lipinski definition) is 1. The fourth-order valence-electron chi connectivity index (χ4n) is 2.50. The zero-order valence-corrected chi connectivity index (χ0v) is 17.2. The molecular formula is C21H20N2O3S2. The van der Waals surface area contributed by atoms with Crippen LogP contribution in [0.1, 0.15) is 34.8 Å². The van der Waals surface area contributed by atoms with Crippen molar-refractivity contribution in [1.29, 1.82) is 0 Å². The van der Waals surface area contributed by atoms with E-state index in [4.69, 9.17) is 17.0 Å². The molecule has 1 aliphatic rings. The molecule has 0 spiro atoms. The standard InChI is InChI=1S/C21H20N2O3S2/c1-3-11-26-17-6-4-5-15(12-17)13-18-20(25)23(21(27)28-18)22-19(24)16-9-7-14(2)8-10-16/h4-10,12-13H,3,11H2,1-2H3,(H,22,24)/b18-13+. The maximum atomic E-state index is 12.7. The number of aryl methyl sites for hydroxylation is 1. The second kappa shape index (κ2) is 9.03. The summed E-state index contributed by atoms with van der Waals surface area (Å²) < 4.78 is 5.91. The Bertz CT molecular complexity index is 939. The van der Waals surface area contributed by atoms with Crippen LogP contribution in [0.4, 0.5) is 0 Å². The molecule has 2 aromatic carbocycles. The summed E-state index contributed by atoms with van der Waals surface area (Å²) in [7, 11) is 0. The van der Waals surface area contributed by atoms with E-state index in [0.717, 1.165) is 40.1 Å². The zero-order chi connectivity index (χ0) is 20.1. The van der Waals surface area contributed by atoms with Crippen LogP contribution in [0.15, 0.2) is 53.4 Å². The maximum absolute atomic E-state index is 12.7. The Balaban J connectivity index is 1.73. The number of ether oxygens (including phenoxy) is 1. The first-order chi connectivity index (χ1) is 13.5. The van der Waals surface area contributed by atoms with Crippen molar-refractivity contribution in [2.24, 2.45) is 0 Å². The summed E-state index contributed by atoms with van der Waals surface area (Å²) in [6.07, 6.45) is 2.67. The van der Waals surface area contributed by atoms with Crippen LogP contribution >= 0.6 is 24.0 Å². The number of amides is 2. The lowest BCUT2D eigenvalue weighted by molar-refractivity contribution is -0.123. The second-order valence-corrected chi connectivity index (χ2v) is 7.92. The Morgan fingerprint density at radius 2 is 2.00 bits per heavy atom. The molecule has 1 aliphatic heterocycles. The van der Waals surface area contributed by atoms with Gasteiger partial charge in [-0.15, -0.1) is 0 Å². The first-order valence-corrected chi connectivity index (χ1v) is 10.1. The average Bonchev–Trinajstić information content (AvgIpc) is 2.94. The van der Waals surface area contributed by atoms with Gasteiger partial charge in [-0.3, -0.25) is 15.0 Å². The Morgan fingerprint density at radius 3 is 2.71 bits per heavy atom. The van der Waals surface area contributed by atoms with Gasteiger partial charge in [-0.05, 0) is 61.5 Å². The minimum atomic E-state index is -0.382. The molecule has 0 bridgehead atoms. The average molecular weight is 413 g/mol. The molecular weight excluding hydrogens is 392 g/mol. The molecule has 2 amide bonds. The summed E-state index contributed by atoms with van der Waals surface area (Å²) in [4.78, 5) is 25.6. The molecule has 1 saturated heterocycles. The van der Waals surface area contributed by atoms with E-state index in [-0.39, 0.29) is 16.1 Å². The van der Waals surface area contributed by atoms with Crippen LogP contribution in [0, 0.1) is 6.92 Å². The monoisotopic (exact) mass is 412 g/mol. The highest BCUT2D eigenvalue weighted by Crippen LogP contribution is 2.32. The van der Waals surface area contributed by atoms with E-state index in [9.17, 15) is 9.59 Å². The third-order valence-electron chi connectivity index (χ3n) is 3.95. The minimum absolute atomic E-state index is 0.287. The predicted octanol–water partition coefficient (Wildman–Crippen LogP) is 4.33. The van der Waals surface area contributed by atoms with E-state index in [1.54, 1.807) is 18.2 Å². The van der Waals surface area contributed by atoms with Gasteiger partial charge in [0.15, 0.2) is 4.32 Å². The number of hydrogen-bond acceptors (Lipinski definition) is 5. The third-order valence-corrected chi connectivity index (χ3v) is 5.25. The van der Waals surface area contributed by atoms with Crippen molar-refractivity contribution < 1.29 is 14.3 Å². The van der Waals surface area contributed by atoms with E-state index < -0.39 is 0 Å². The summed E-state index contributed by atoms with van der Waals surface area (Å²) in [5, 5.41) is 1.12. The molecule has 28 heavy (non-hydrogen) atoms. The van der Waals surface area contributed by atoms with E-state index in [1.807, 2.05) is 50.2 Å². The van der Waals surface area contributed by atoms with Crippen molar-refractivity contribution in [2.75, 3.05) is 6.61 Å². The van der Waals surface area contributed by atoms with Crippen LogP contribution in [-0.2, 0) is 4.79 Å². The number of rotatable bonds is 6. The van der Waals surface area contributed by atoms with Gasteiger partial charge in [-0.2, -0.15) is 5.01 Å². The number of hydrazine groups is 1. The number of carbonyl (C=O) groups excluding carboxylic acids is 2. The fourth-order valence-corrected chi connectivity index (χ4v) is 3.68. The van der Waals surface area contributed by atoms with E-state index in [2.05, 4.69) is 5.43 Å². The lowest BCUT2D eigenvalue weighted by atomic mass is 10.1. The van der Waals surface area contributed by atoms with Crippen molar-refractivity contribution in [3.8, 4) is 5.75 Å². The molecule has 0 saturated carbocycles. The molecule has 144 valence electrons. The number of thiocarbonyl (C=S) groups is 1. The van der Waals surface area contributed by atoms with Crippen molar-refractivity contribution >= 4 is 46.2 Å². The summed E-state index contributed by atoms with van der Waals surface area (Å²) in [5.41, 5.74) is 4.93. The Hall–Kier alpha value is -2.64. The lowest BCUT2D eigenvalue weighted by Crippen LogP contribution is -2.44. The quantitative estimate of drug-likeness (QED) is 0.565. The Morgan fingerprint density at radius 1 is 1.25 bits per heavy atom. The summed E-state index contributed by atoms with van der Waals surface area (Å²) in [6, 6.07) is 14.6. The first-order valence-electron chi connectivity index (χ1n) is 8.86. The van der Waals surface area contributed by atoms with E-state index in [0.29, 0.717) is 17.1 Å². The second-order valence-electron chi connectivity index (χ2n) is 6.25. The lowest BCUT2D eigenvalue weighted by Gasteiger charge is -2.15. The molecule has 0 atom stereocenters. The van der Waals surface area contributed by atoms with Gasteiger partial charge in [0.25, 0.3) is 11.8 Å². The number of nitrogens with one attached hydrogen (secondary N) is 1. The van der Waals surface area contributed by atoms with Gasteiger partial charge in [0.1, 0.15) is 5.75 Å². The van der Waals surface area contributed by atoms with Gasteiger partial charge in [0.2, 0.25) is 0 Å². The van der Waals surface area contributed by atoms with Gasteiger partial charge in [-0.1, -0.05) is 48.5 Å². The molecule has 1 heterocycles. The van der Waals surface area contributed by atoms with Crippen LogP contribution in [-0.4, -0.2) is 27.8 Å². The predicted molar refractivity (Wildman–Crippen MR) is 116 cm³/mol. The smallest absolute Gasteiger partial charge is 0.285 e. The molecule has 3 rings (SSSR count). The van der Waals surface area contributed by atoms with E-state index in [1.165, 1.54) is 0 Å². The molecule has 0 aromatic heterocycles. The molecule has 2 aromatic rings.